The fourth-order valence-electron chi connectivity index (χ4n) is 2.44. The third-order valence-corrected chi connectivity index (χ3v) is 3.72. The molecule has 0 saturated carbocycles. The molecule has 1 aromatic carbocycles. The fourth-order valence-corrected chi connectivity index (χ4v) is 2.44. The highest BCUT2D eigenvalue weighted by Crippen LogP contribution is 2.21. The SMILES string of the molecule is Cc1cc(N2CCCOCC2)ccc1CNC(C)(C)C. The molecule has 1 aliphatic rings. The molecule has 3 nitrogen and oxygen atoms in total. The van der Waals surface area contributed by atoms with Crippen LogP contribution in [-0.4, -0.2) is 31.8 Å². The van der Waals surface area contributed by atoms with Crippen LogP contribution in [0.1, 0.15) is 38.3 Å². The maximum atomic E-state index is 5.52. The Morgan fingerprint density at radius 2 is 2.00 bits per heavy atom. The lowest BCUT2D eigenvalue weighted by Gasteiger charge is -2.24. The summed E-state index contributed by atoms with van der Waals surface area (Å²) in [6.07, 6.45) is 1.12. The number of hydrogen-bond acceptors (Lipinski definition) is 3. The minimum Gasteiger partial charge on any atom is -0.380 e. The van der Waals surface area contributed by atoms with Gasteiger partial charge in [-0.15, -0.1) is 0 Å². The summed E-state index contributed by atoms with van der Waals surface area (Å²) in [7, 11) is 0. The summed E-state index contributed by atoms with van der Waals surface area (Å²) in [6, 6.07) is 6.82. The van der Waals surface area contributed by atoms with Crippen LogP contribution in [0.4, 0.5) is 5.69 Å². The van der Waals surface area contributed by atoms with E-state index in [1.807, 2.05) is 0 Å². The van der Waals surface area contributed by atoms with Crippen LogP contribution < -0.4 is 10.2 Å². The summed E-state index contributed by atoms with van der Waals surface area (Å²) in [5, 5.41) is 3.55. The predicted octanol–water partition coefficient (Wildman–Crippen LogP) is 3.11. The van der Waals surface area contributed by atoms with E-state index in [1.165, 1.54) is 16.8 Å². The summed E-state index contributed by atoms with van der Waals surface area (Å²) < 4.78 is 5.52. The standard InChI is InChI=1S/C17H28N2O/c1-14-12-16(19-8-5-10-20-11-9-19)7-6-15(14)13-18-17(2,3)4/h6-7,12,18H,5,8-11,13H2,1-4H3. The molecule has 1 saturated heterocycles. The van der Waals surface area contributed by atoms with Gasteiger partial charge in [-0.1, -0.05) is 6.07 Å². The van der Waals surface area contributed by atoms with Crippen molar-refractivity contribution >= 4 is 5.69 Å². The monoisotopic (exact) mass is 276 g/mol. The number of aryl methyl sites for hydroxylation is 1. The lowest BCUT2D eigenvalue weighted by Crippen LogP contribution is -2.35. The van der Waals surface area contributed by atoms with Crippen molar-refractivity contribution in [2.24, 2.45) is 0 Å². The highest BCUT2D eigenvalue weighted by Gasteiger charge is 2.12. The van der Waals surface area contributed by atoms with Crippen molar-refractivity contribution in [1.29, 1.82) is 0 Å². The number of nitrogens with zero attached hydrogens (tertiary/aromatic N) is 1. The molecule has 0 atom stereocenters. The average Bonchev–Trinajstić information content (AvgIpc) is 2.65. The van der Waals surface area contributed by atoms with Gasteiger partial charge in [0, 0.05) is 37.5 Å². The first-order valence-corrected chi connectivity index (χ1v) is 7.63. The second-order valence-corrected chi connectivity index (χ2v) is 6.67. The molecule has 112 valence electrons. The molecule has 0 unspecified atom stereocenters. The Labute approximate surface area is 123 Å². The van der Waals surface area contributed by atoms with Crippen LogP contribution in [0.2, 0.25) is 0 Å². The number of hydrogen-bond donors (Lipinski definition) is 1. The maximum Gasteiger partial charge on any atom is 0.0641 e. The molecule has 3 heteroatoms. The van der Waals surface area contributed by atoms with E-state index in [1.54, 1.807) is 0 Å². The lowest BCUT2D eigenvalue weighted by atomic mass is 10.0. The molecule has 1 heterocycles. The van der Waals surface area contributed by atoms with Crippen LogP contribution in [0.15, 0.2) is 18.2 Å². The lowest BCUT2D eigenvalue weighted by molar-refractivity contribution is 0.152. The highest BCUT2D eigenvalue weighted by molar-refractivity contribution is 5.51. The quantitative estimate of drug-likeness (QED) is 0.918. The molecule has 0 spiro atoms. The summed E-state index contributed by atoms with van der Waals surface area (Å²) in [6.45, 7) is 13.6. The Hall–Kier alpha value is -1.06. The molecule has 2 rings (SSSR count). The van der Waals surface area contributed by atoms with Gasteiger partial charge < -0.3 is 15.0 Å². The van der Waals surface area contributed by atoms with Crippen molar-refractivity contribution in [3.8, 4) is 0 Å². The van der Waals surface area contributed by atoms with E-state index in [0.29, 0.717) is 0 Å². The third kappa shape index (κ3) is 4.50. The molecular weight excluding hydrogens is 248 g/mol. The number of nitrogens with one attached hydrogen (secondary N) is 1. The van der Waals surface area contributed by atoms with Gasteiger partial charge in [0.2, 0.25) is 0 Å². The van der Waals surface area contributed by atoms with Crippen molar-refractivity contribution < 1.29 is 4.74 Å². The summed E-state index contributed by atoms with van der Waals surface area (Å²) in [5.41, 5.74) is 4.24. The maximum absolute atomic E-state index is 5.52. The zero-order valence-corrected chi connectivity index (χ0v) is 13.3. The van der Waals surface area contributed by atoms with Gasteiger partial charge >= 0.3 is 0 Å². The molecule has 0 bridgehead atoms. The first-order chi connectivity index (χ1) is 9.46. The first kappa shape index (κ1) is 15.3. The van der Waals surface area contributed by atoms with Gasteiger partial charge in [-0.3, -0.25) is 0 Å². The van der Waals surface area contributed by atoms with E-state index in [-0.39, 0.29) is 5.54 Å². The molecule has 0 amide bonds. The Kier molecular flexibility index (Phi) is 5.06. The van der Waals surface area contributed by atoms with E-state index in [4.69, 9.17) is 4.74 Å². The normalized spacial score (nSPS) is 17.1. The van der Waals surface area contributed by atoms with Crippen molar-refractivity contribution in [3.05, 3.63) is 29.3 Å². The third-order valence-electron chi connectivity index (χ3n) is 3.72. The highest BCUT2D eigenvalue weighted by atomic mass is 16.5. The molecule has 1 aromatic rings. The Bertz CT molecular complexity index is 429. The van der Waals surface area contributed by atoms with Gasteiger partial charge in [0.05, 0.1) is 6.61 Å². The Balaban J connectivity index is 2.04. The molecule has 1 fully saturated rings. The van der Waals surface area contributed by atoms with Gasteiger partial charge in [-0.25, -0.2) is 0 Å². The second-order valence-electron chi connectivity index (χ2n) is 6.67. The van der Waals surface area contributed by atoms with Gasteiger partial charge in [0.15, 0.2) is 0 Å². The topological polar surface area (TPSA) is 24.5 Å². The van der Waals surface area contributed by atoms with Crippen LogP contribution in [0, 0.1) is 6.92 Å². The average molecular weight is 276 g/mol. The van der Waals surface area contributed by atoms with Gasteiger partial charge in [0.25, 0.3) is 0 Å². The fraction of sp³-hybridized carbons (Fsp3) is 0.647. The predicted molar refractivity (Wildman–Crippen MR) is 85.4 cm³/mol. The van der Waals surface area contributed by atoms with Crippen LogP contribution in [0.5, 0.6) is 0 Å². The second kappa shape index (κ2) is 6.59. The number of rotatable bonds is 3. The number of benzene rings is 1. The summed E-state index contributed by atoms with van der Waals surface area (Å²) in [5.74, 6) is 0. The van der Waals surface area contributed by atoms with Gasteiger partial charge in [-0.05, 0) is 57.4 Å². The minimum atomic E-state index is 0.160. The van der Waals surface area contributed by atoms with Crippen molar-refractivity contribution in [2.75, 3.05) is 31.2 Å². The number of ether oxygens (including phenoxy) is 1. The first-order valence-electron chi connectivity index (χ1n) is 7.63. The van der Waals surface area contributed by atoms with Gasteiger partial charge in [-0.2, -0.15) is 0 Å². The number of anilines is 1. The van der Waals surface area contributed by atoms with E-state index in [2.05, 4.69) is 56.1 Å². The largest absolute Gasteiger partial charge is 0.380 e. The molecule has 0 radical (unpaired) electrons. The van der Waals surface area contributed by atoms with Crippen molar-refractivity contribution in [2.45, 2.75) is 46.2 Å². The molecule has 0 aromatic heterocycles. The van der Waals surface area contributed by atoms with E-state index in [9.17, 15) is 0 Å². The van der Waals surface area contributed by atoms with Crippen molar-refractivity contribution in [1.82, 2.24) is 5.32 Å². The smallest absolute Gasteiger partial charge is 0.0641 e. The molecule has 1 N–H and O–H groups in total. The summed E-state index contributed by atoms with van der Waals surface area (Å²) >= 11 is 0. The molecule has 0 aliphatic carbocycles. The van der Waals surface area contributed by atoms with E-state index < -0.39 is 0 Å². The summed E-state index contributed by atoms with van der Waals surface area (Å²) in [4.78, 5) is 2.43. The van der Waals surface area contributed by atoms with Crippen LogP contribution >= 0.6 is 0 Å². The van der Waals surface area contributed by atoms with E-state index >= 15 is 0 Å². The van der Waals surface area contributed by atoms with E-state index in [0.717, 1.165) is 39.3 Å². The molecular formula is C17H28N2O. The molecule has 1 aliphatic heterocycles. The zero-order valence-electron chi connectivity index (χ0n) is 13.3. The zero-order chi connectivity index (χ0) is 14.6. The van der Waals surface area contributed by atoms with Crippen molar-refractivity contribution in [3.63, 3.8) is 0 Å². The minimum absolute atomic E-state index is 0.160. The Morgan fingerprint density at radius 3 is 2.70 bits per heavy atom. The van der Waals surface area contributed by atoms with Gasteiger partial charge in [0.1, 0.15) is 0 Å². The van der Waals surface area contributed by atoms with Crippen LogP contribution in [0.3, 0.4) is 0 Å². The Morgan fingerprint density at radius 1 is 1.20 bits per heavy atom. The van der Waals surface area contributed by atoms with Crippen LogP contribution in [0.25, 0.3) is 0 Å². The van der Waals surface area contributed by atoms with Crippen LogP contribution in [-0.2, 0) is 11.3 Å². The molecule has 20 heavy (non-hydrogen) atoms.